The first kappa shape index (κ1) is 10.9. The van der Waals surface area contributed by atoms with E-state index in [1.165, 1.54) is 43.4 Å². The summed E-state index contributed by atoms with van der Waals surface area (Å²) in [5, 5.41) is 3.46. The molecule has 3 rings (SSSR count). The Morgan fingerprint density at radius 2 is 2.24 bits per heavy atom. The van der Waals surface area contributed by atoms with Crippen molar-refractivity contribution in [1.29, 1.82) is 0 Å². The fourth-order valence-corrected chi connectivity index (χ4v) is 2.97. The van der Waals surface area contributed by atoms with Gasteiger partial charge >= 0.3 is 0 Å². The largest absolute Gasteiger partial charge is 0.490 e. The van der Waals surface area contributed by atoms with Gasteiger partial charge in [0.25, 0.3) is 0 Å². The maximum atomic E-state index is 6.07. The highest BCUT2D eigenvalue weighted by Crippen LogP contribution is 2.31. The normalized spacial score (nSPS) is 27.4. The smallest absolute Gasteiger partial charge is 0.121 e. The first-order chi connectivity index (χ1) is 8.31. The third-order valence-corrected chi connectivity index (χ3v) is 3.97. The summed E-state index contributed by atoms with van der Waals surface area (Å²) in [6.07, 6.45) is 6.62. The molecule has 2 atom stereocenters. The third kappa shape index (κ3) is 2.41. The highest BCUT2D eigenvalue weighted by atomic mass is 16.5. The van der Waals surface area contributed by atoms with E-state index in [1.807, 2.05) is 0 Å². The number of aryl methyl sites for hydroxylation is 1. The molecule has 0 amide bonds. The van der Waals surface area contributed by atoms with Crippen molar-refractivity contribution in [1.82, 2.24) is 0 Å². The molecule has 1 aliphatic carbocycles. The van der Waals surface area contributed by atoms with Gasteiger partial charge in [0, 0.05) is 18.3 Å². The van der Waals surface area contributed by atoms with Crippen LogP contribution in [0, 0.1) is 5.92 Å². The van der Waals surface area contributed by atoms with E-state index in [9.17, 15) is 0 Å². The minimum Gasteiger partial charge on any atom is -0.490 e. The molecule has 1 heterocycles. The summed E-state index contributed by atoms with van der Waals surface area (Å²) in [5.74, 6) is 1.87. The molecule has 1 aromatic carbocycles. The van der Waals surface area contributed by atoms with Crippen LogP contribution in [-0.2, 0) is 6.42 Å². The Labute approximate surface area is 103 Å². The van der Waals surface area contributed by atoms with Crippen molar-refractivity contribution in [3.8, 4) is 5.75 Å². The first-order valence-electron chi connectivity index (χ1n) is 6.85. The quantitative estimate of drug-likeness (QED) is 0.839. The lowest BCUT2D eigenvalue weighted by Gasteiger charge is -2.20. The van der Waals surface area contributed by atoms with Crippen LogP contribution in [0.4, 0.5) is 5.69 Å². The molecule has 17 heavy (non-hydrogen) atoms. The van der Waals surface area contributed by atoms with E-state index in [4.69, 9.17) is 4.74 Å². The van der Waals surface area contributed by atoms with Crippen molar-refractivity contribution in [3.05, 3.63) is 23.8 Å². The number of ether oxygens (including phenoxy) is 1. The highest BCUT2D eigenvalue weighted by Gasteiger charge is 2.23. The summed E-state index contributed by atoms with van der Waals surface area (Å²) in [6.45, 7) is 3.41. The van der Waals surface area contributed by atoms with Gasteiger partial charge in [-0.1, -0.05) is 13.0 Å². The van der Waals surface area contributed by atoms with Crippen LogP contribution >= 0.6 is 0 Å². The van der Waals surface area contributed by atoms with Crippen LogP contribution in [0.15, 0.2) is 18.2 Å². The second kappa shape index (κ2) is 4.59. The summed E-state index contributed by atoms with van der Waals surface area (Å²) < 4.78 is 6.07. The van der Waals surface area contributed by atoms with E-state index in [0.717, 1.165) is 18.2 Å². The summed E-state index contributed by atoms with van der Waals surface area (Å²) in [5.41, 5.74) is 2.71. The molecule has 92 valence electrons. The topological polar surface area (TPSA) is 21.3 Å². The summed E-state index contributed by atoms with van der Waals surface area (Å²) in [6, 6.07) is 6.53. The average Bonchev–Trinajstić information content (AvgIpc) is 2.75. The van der Waals surface area contributed by atoms with Gasteiger partial charge in [-0.05, 0) is 49.7 Å². The lowest BCUT2D eigenvalue weighted by molar-refractivity contribution is 0.205. The van der Waals surface area contributed by atoms with E-state index in [-0.39, 0.29) is 0 Å². The molecule has 2 aliphatic rings. The van der Waals surface area contributed by atoms with Gasteiger partial charge in [0.15, 0.2) is 0 Å². The molecule has 1 aliphatic heterocycles. The standard InChI is InChI=1S/C15H21NO/c1-11-4-6-13(9-11)17-14-7-5-12-3-2-8-16-15(12)10-14/h5,7,10-11,13,16H,2-4,6,8-9H2,1H3. The van der Waals surface area contributed by atoms with E-state index < -0.39 is 0 Å². The number of fused-ring (bicyclic) bond motifs is 1. The third-order valence-electron chi connectivity index (χ3n) is 3.97. The van der Waals surface area contributed by atoms with Crippen molar-refractivity contribution >= 4 is 5.69 Å². The van der Waals surface area contributed by atoms with Gasteiger partial charge in [0.2, 0.25) is 0 Å². The van der Waals surface area contributed by atoms with Crippen molar-refractivity contribution in [3.63, 3.8) is 0 Å². The van der Waals surface area contributed by atoms with Gasteiger partial charge in [-0.25, -0.2) is 0 Å². The highest BCUT2D eigenvalue weighted by molar-refractivity contribution is 5.56. The van der Waals surface area contributed by atoms with E-state index in [2.05, 4.69) is 30.4 Å². The number of hydrogen-bond donors (Lipinski definition) is 1. The van der Waals surface area contributed by atoms with Gasteiger partial charge in [0.1, 0.15) is 5.75 Å². The van der Waals surface area contributed by atoms with Crippen LogP contribution < -0.4 is 10.1 Å². The van der Waals surface area contributed by atoms with E-state index in [1.54, 1.807) is 0 Å². The van der Waals surface area contributed by atoms with E-state index in [0.29, 0.717) is 6.10 Å². The zero-order valence-corrected chi connectivity index (χ0v) is 10.5. The Morgan fingerprint density at radius 1 is 1.29 bits per heavy atom. The number of benzene rings is 1. The maximum absolute atomic E-state index is 6.07. The molecule has 0 radical (unpaired) electrons. The number of rotatable bonds is 2. The van der Waals surface area contributed by atoms with Gasteiger partial charge in [-0.15, -0.1) is 0 Å². The Morgan fingerprint density at radius 3 is 3.06 bits per heavy atom. The Hall–Kier alpha value is -1.18. The maximum Gasteiger partial charge on any atom is 0.121 e. The molecule has 0 saturated heterocycles. The van der Waals surface area contributed by atoms with Crippen LogP contribution in [0.25, 0.3) is 0 Å². The molecule has 2 heteroatoms. The molecule has 1 fully saturated rings. The van der Waals surface area contributed by atoms with Crippen molar-refractivity contribution in [2.24, 2.45) is 5.92 Å². The number of hydrogen-bond acceptors (Lipinski definition) is 2. The van der Waals surface area contributed by atoms with Gasteiger partial charge in [0.05, 0.1) is 6.10 Å². The van der Waals surface area contributed by atoms with Gasteiger partial charge in [-0.2, -0.15) is 0 Å². The van der Waals surface area contributed by atoms with Crippen LogP contribution in [0.1, 0.15) is 38.2 Å². The van der Waals surface area contributed by atoms with Gasteiger partial charge < -0.3 is 10.1 Å². The molecule has 0 spiro atoms. The van der Waals surface area contributed by atoms with Crippen molar-refractivity contribution in [2.75, 3.05) is 11.9 Å². The minimum atomic E-state index is 0.437. The Balaban J connectivity index is 1.71. The van der Waals surface area contributed by atoms with Crippen LogP contribution in [0.5, 0.6) is 5.75 Å². The summed E-state index contributed by atoms with van der Waals surface area (Å²) in [4.78, 5) is 0. The minimum absolute atomic E-state index is 0.437. The first-order valence-corrected chi connectivity index (χ1v) is 6.85. The summed E-state index contributed by atoms with van der Waals surface area (Å²) >= 11 is 0. The molecule has 1 saturated carbocycles. The number of anilines is 1. The molecule has 1 N–H and O–H groups in total. The Bertz CT molecular complexity index is 402. The lowest BCUT2D eigenvalue weighted by atomic mass is 10.0. The predicted molar refractivity (Wildman–Crippen MR) is 70.7 cm³/mol. The summed E-state index contributed by atoms with van der Waals surface area (Å²) in [7, 11) is 0. The SMILES string of the molecule is CC1CCC(Oc2ccc3c(c2)NCCC3)C1. The fraction of sp³-hybridized carbons (Fsp3) is 0.600. The van der Waals surface area contributed by atoms with Crippen LogP contribution in [0.2, 0.25) is 0 Å². The zero-order valence-electron chi connectivity index (χ0n) is 10.5. The molecule has 1 aromatic rings. The zero-order chi connectivity index (χ0) is 11.7. The van der Waals surface area contributed by atoms with Gasteiger partial charge in [-0.3, -0.25) is 0 Å². The second-order valence-corrected chi connectivity index (χ2v) is 5.51. The molecule has 2 nitrogen and oxygen atoms in total. The molecular formula is C15H21NO. The molecule has 0 aromatic heterocycles. The monoisotopic (exact) mass is 231 g/mol. The van der Waals surface area contributed by atoms with Crippen LogP contribution in [0.3, 0.4) is 0 Å². The van der Waals surface area contributed by atoms with E-state index >= 15 is 0 Å². The van der Waals surface area contributed by atoms with Crippen LogP contribution in [-0.4, -0.2) is 12.6 Å². The lowest BCUT2D eigenvalue weighted by Crippen LogP contribution is -2.14. The molecule has 0 bridgehead atoms. The molecular weight excluding hydrogens is 210 g/mol. The molecule has 2 unspecified atom stereocenters. The average molecular weight is 231 g/mol. The van der Waals surface area contributed by atoms with Crippen molar-refractivity contribution in [2.45, 2.75) is 45.1 Å². The number of nitrogens with one attached hydrogen (secondary N) is 1. The predicted octanol–water partition coefficient (Wildman–Crippen LogP) is 3.61. The van der Waals surface area contributed by atoms with Crippen molar-refractivity contribution < 1.29 is 4.74 Å². The Kier molecular flexibility index (Phi) is 2.96. The second-order valence-electron chi connectivity index (χ2n) is 5.51. The fourth-order valence-electron chi connectivity index (χ4n) is 2.97.